The van der Waals surface area contributed by atoms with Crippen LogP contribution in [0.4, 0.5) is 11.8 Å². The molecule has 6 heteroatoms. The van der Waals surface area contributed by atoms with Gasteiger partial charge in [0.05, 0.1) is 6.20 Å². The molecule has 94 valence electrons. The van der Waals surface area contributed by atoms with Crippen molar-refractivity contribution in [1.29, 1.82) is 0 Å². The zero-order valence-electron chi connectivity index (χ0n) is 9.56. The molecule has 2 rings (SSSR count). The molecule has 0 aliphatic heterocycles. The molecule has 2 atom stereocenters. The third-order valence-electron chi connectivity index (χ3n) is 3.23. The van der Waals surface area contributed by atoms with Gasteiger partial charge in [-0.25, -0.2) is 4.98 Å². The summed E-state index contributed by atoms with van der Waals surface area (Å²) < 4.78 is 0. The number of halogens is 1. The predicted molar refractivity (Wildman–Crippen MR) is 67.9 cm³/mol. The number of aliphatic hydroxyl groups excluding tert-OH is 1. The molecule has 1 aromatic heterocycles. The fourth-order valence-electron chi connectivity index (χ4n) is 2.27. The molecule has 0 aromatic carbocycles. The van der Waals surface area contributed by atoms with Crippen LogP contribution in [-0.2, 0) is 0 Å². The van der Waals surface area contributed by atoms with Crippen molar-refractivity contribution in [2.24, 2.45) is 5.92 Å². The summed E-state index contributed by atoms with van der Waals surface area (Å²) in [5.74, 6) is 1.02. The van der Waals surface area contributed by atoms with E-state index in [1.54, 1.807) is 0 Å². The van der Waals surface area contributed by atoms with E-state index in [-0.39, 0.29) is 24.5 Å². The average Bonchev–Trinajstić information content (AvgIpc) is 2.34. The van der Waals surface area contributed by atoms with Crippen molar-refractivity contribution in [2.45, 2.75) is 31.7 Å². The molecule has 1 aliphatic rings. The van der Waals surface area contributed by atoms with Crippen LogP contribution in [0.5, 0.6) is 0 Å². The number of nitrogens with two attached hydrogens (primary N) is 1. The lowest BCUT2D eigenvalue weighted by Gasteiger charge is -2.31. The van der Waals surface area contributed by atoms with E-state index in [2.05, 4.69) is 15.3 Å². The summed E-state index contributed by atoms with van der Waals surface area (Å²) in [5, 5.41) is 13.1. The van der Waals surface area contributed by atoms with E-state index in [9.17, 15) is 5.11 Å². The Labute approximate surface area is 105 Å². The van der Waals surface area contributed by atoms with E-state index < -0.39 is 0 Å². The van der Waals surface area contributed by atoms with E-state index in [4.69, 9.17) is 17.3 Å². The summed E-state index contributed by atoms with van der Waals surface area (Å²) in [4.78, 5) is 7.89. The number of hydrogen-bond donors (Lipinski definition) is 3. The summed E-state index contributed by atoms with van der Waals surface area (Å²) in [6.07, 6.45) is 5.87. The van der Waals surface area contributed by atoms with Crippen LogP contribution in [-0.4, -0.2) is 27.7 Å². The Hall–Kier alpha value is -1.07. The molecule has 0 spiro atoms. The van der Waals surface area contributed by atoms with Crippen LogP contribution in [0, 0.1) is 5.92 Å². The number of nitrogen functional groups attached to an aromatic ring is 1. The van der Waals surface area contributed by atoms with Crippen molar-refractivity contribution >= 4 is 23.4 Å². The topological polar surface area (TPSA) is 84.1 Å². The molecular weight excluding hydrogens is 240 g/mol. The molecule has 1 aromatic rings. The smallest absolute Gasteiger partial charge is 0.222 e. The van der Waals surface area contributed by atoms with Gasteiger partial charge in [0, 0.05) is 18.6 Å². The van der Waals surface area contributed by atoms with E-state index >= 15 is 0 Å². The minimum atomic E-state index is 0.190. The third-order valence-corrected chi connectivity index (χ3v) is 3.51. The van der Waals surface area contributed by atoms with E-state index in [0.717, 1.165) is 19.3 Å². The Morgan fingerprint density at radius 2 is 2.24 bits per heavy atom. The molecule has 17 heavy (non-hydrogen) atoms. The Balaban J connectivity index is 2.10. The van der Waals surface area contributed by atoms with Crippen molar-refractivity contribution in [1.82, 2.24) is 9.97 Å². The maximum Gasteiger partial charge on any atom is 0.222 e. The zero-order chi connectivity index (χ0) is 12.3. The van der Waals surface area contributed by atoms with Crippen LogP contribution < -0.4 is 11.1 Å². The Kier molecular flexibility index (Phi) is 4.02. The number of aliphatic hydroxyl groups is 1. The fourth-order valence-corrected chi connectivity index (χ4v) is 2.42. The molecule has 0 bridgehead atoms. The second-order valence-corrected chi connectivity index (χ2v) is 4.81. The van der Waals surface area contributed by atoms with Crippen molar-refractivity contribution in [2.75, 3.05) is 17.7 Å². The highest BCUT2D eigenvalue weighted by Gasteiger charge is 2.25. The average molecular weight is 257 g/mol. The fraction of sp³-hybridized carbons (Fsp3) is 0.636. The monoisotopic (exact) mass is 256 g/mol. The highest BCUT2D eigenvalue weighted by molar-refractivity contribution is 6.32. The summed E-state index contributed by atoms with van der Waals surface area (Å²) in [6, 6.07) is 0.209. The van der Waals surface area contributed by atoms with Gasteiger partial charge in [-0.1, -0.05) is 24.4 Å². The lowest BCUT2D eigenvalue weighted by molar-refractivity contribution is 0.178. The largest absolute Gasteiger partial charge is 0.396 e. The summed E-state index contributed by atoms with van der Waals surface area (Å²) in [6.45, 7) is 0.190. The first kappa shape index (κ1) is 12.4. The van der Waals surface area contributed by atoms with Gasteiger partial charge < -0.3 is 16.2 Å². The molecule has 1 aliphatic carbocycles. The van der Waals surface area contributed by atoms with Crippen molar-refractivity contribution < 1.29 is 5.11 Å². The highest BCUT2D eigenvalue weighted by Crippen LogP contribution is 2.28. The molecule has 5 nitrogen and oxygen atoms in total. The lowest BCUT2D eigenvalue weighted by atomic mass is 9.85. The first-order chi connectivity index (χ1) is 8.20. The minimum absolute atomic E-state index is 0.190. The molecule has 0 amide bonds. The molecule has 2 unspecified atom stereocenters. The van der Waals surface area contributed by atoms with Gasteiger partial charge in [0.1, 0.15) is 5.02 Å². The summed E-state index contributed by atoms with van der Waals surface area (Å²) >= 11 is 6.00. The van der Waals surface area contributed by atoms with E-state index in [0.29, 0.717) is 10.8 Å². The SMILES string of the molecule is Nc1ncc(Cl)c(NC2CCCCC2CO)n1. The quantitative estimate of drug-likeness (QED) is 0.766. The van der Waals surface area contributed by atoms with Crippen LogP contribution in [0.2, 0.25) is 5.02 Å². The van der Waals surface area contributed by atoms with Crippen LogP contribution in [0.3, 0.4) is 0 Å². The maximum atomic E-state index is 9.33. The van der Waals surface area contributed by atoms with Gasteiger partial charge in [-0.15, -0.1) is 0 Å². The van der Waals surface area contributed by atoms with Gasteiger partial charge >= 0.3 is 0 Å². The number of anilines is 2. The van der Waals surface area contributed by atoms with Gasteiger partial charge in [-0.05, 0) is 12.8 Å². The number of hydrogen-bond acceptors (Lipinski definition) is 5. The van der Waals surface area contributed by atoms with Crippen LogP contribution >= 0.6 is 11.6 Å². The normalized spacial score (nSPS) is 24.6. The maximum absolute atomic E-state index is 9.33. The summed E-state index contributed by atoms with van der Waals surface area (Å²) in [7, 11) is 0. The molecule has 4 N–H and O–H groups in total. The first-order valence-corrected chi connectivity index (χ1v) is 6.24. The third kappa shape index (κ3) is 2.98. The molecule has 1 fully saturated rings. The highest BCUT2D eigenvalue weighted by atomic mass is 35.5. The standard InChI is InChI=1S/C11H17ClN4O/c12-8-5-14-11(13)16-10(8)15-9-4-2-1-3-7(9)6-17/h5,7,9,17H,1-4,6H2,(H3,13,14,15,16). The van der Waals surface area contributed by atoms with Crippen LogP contribution in [0.25, 0.3) is 0 Å². The molecule has 1 saturated carbocycles. The van der Waals surface area contributed by atoms with Gasteiger partial charge in [-0.2, -0.15) is 4.98 Å². The minimum Gasteiger partial charge on any atom is -0.396 e. The molecule has 0 saturated heterocycles. The number of rotatable bonds is 3. The van der Waals surface area contributed by atoms with Crippen LogP contribution in [0.15, 0.2) is 6.20 Å². The predicted octanol–water partition coefficient (Wildman–Crippen LogP) is 1.68. The number of aromatic nitrogens is 2. The van der Waals surface area contributed by atoms with Gasteiger partial charge in [-0.3, -0.25) is 0 Å². The lowest BCUT2D eigenvalue weighted by Crippen LogP contribution is -2.34. The first-order valence-electron chi connectivity index (χ1n) is 5.86. The second kappa shape index (κ2) is 5.51. The number of nitrogens with one attached hydrogen (secondary N) is 1. The number of nitrogens with zero attached hydrogens (tertiary/aromatic N) is 2. The molecule has 0 radical (unpaired) electrons. The van der Waals surface area contributed by atoms with E-state index in [1.807, 2.05) is 0 Å². The molecule has 1 heterocycles. The van der Waals surface area contributed by atoms with Crippen molar-refractivity contribution in [3.8, 4) is 0 Å². The van der Waals surface area contributed by atoms with Crippen molar-refractivity contribution in [3.05, 3.63) is 11.2 Å². The second-order valence-electron chi connectivity index (χ2n) is 4.40. The van der Waals surface area contributed by atoms with E-state index in [1.165, 1.54) is 12.6 Å². The van der Waals surface area contributed by atoms with Gasteiger partial charge in [0.25, 0.3) is 0 Å². The summed E-state index contributed by atoms with van der Waals surface area (Å²) in [5.41, 5.74) is 5.53. The van der Waals surface area contributed by atoms with Gasteiger partial charge in [0.15, 0.2) is 5.82 Å². The zero-order valence-corrected chi connectivity index (χ0v) is 10.3. The Morgan fingerprint density at radius 3 is 3.00 bits per heavy atom. The van der Waals surface area contributed by atoms with Crippen molar-refractivity contribution in [3.63, 3.8) is 0 Å². The van der Waals surface area contributed by atoms with Gasteiger partial charge in [0.2, 0.25) is 5.95 Å². The van der Waals surface area contributed by atoms with Crippen LogP contribution in [0.1, 0.15) is 25.7 Å². The Morgan fingerprint density at radius 1 is 1.47 bits per heavy atom. The molecular formula is C11H17ClN4O. The Bertz CT molecular complexity index is 388.